The van der Waals surface area contributed by atoms with Crippen LogP contribution in [0.4, 0.5) is 0 Å². The second-order valence-electron chi connectivity index (χ2n) is 6.28. The lowest BCUT2D eigenvalue weighted by molar-refractivity contribution is 0.145. The van der Waals surface area contributed by atoms with Crippen molar-refractivity contribution in [2.75, 3.05) is 12.4 Å². The lowest BCUT2D eigenvalue weighted by Gasteiger charge is -2.31. The maximum Gasteiger partial charge on any atom is 0.209 e. The summed E-state index contributed by atoms with van der Waals surface area (Å²) < 4.78 is 29.2. The van der Waals surface area contributed by atoms with E-state index in [-0.39, 0.29) is 11.2 Å². The fourth-order valence-corrected chi connectivity index (χ4v) is 4.41. The van der Waals surface area contributed by atoms with Crippen molar-refractivity contribution in [1.29, 1.82) is 0 Å². The topological polar surface area (TPSA) is 69.4 Å². The molecule has 0 aliphatic heterocycles. The summed E-state index contributed by atoms with van der Waals surface area (Å²) in [5, 5.41) is 5.32. The molecule has 1 aromatic rings. The predicted molar refractivity (Wildman–Crippen MR) is 84.8 cm³/mol. The third kappa shape index (κ3) is 5.00. The van der Waals surface area contributed by atoms with E-state index in [0.717, 1.165) is 49.8 Å². The summed E-state index contributed by atoms with van der Waals surface area (Å²) in [7, 11) is -3.49. The van der Waals surface area contributed by atoms with Crippen LogP contribution in [0.5, 0.6) is 5.75 Å². The zero-order chi connectivity index (χ0) is 15.3. The maximum absolute atomic E-state index is 11.6. The van der Waals surface area contributed by atoms with E-state index in [9.17, 15) is 8.42 Å². The second-order valence-corrected chi connectivity index (χ2v) is 7.89. The summed E-state index contributed by atoms with van der Waals surface area (Å²) in [5.41, 5.74) is 0.726. The van der Waals surface area contributed by atoms with Crippen molar-refractivity contribution < 1.29 is 13.2 Å². The van der Waals surface area contributed by atoms with E-state index in [1.165, 1.54) is 0 Å². The molecular weight excluding hydrogens is 286 g/mol. The van der Waals surface area contributed by atoms with Gasteiger partial charge >= 0.3 is 0 Å². The number of rotatable bonds is 5. The fourth-order valence-electron chi connectivity index (χ4n) is 3.18. The van der Waals surface area contributed by atoms with E-state index >= 15 is 0 Å². The first-order chi connectivity index (χ1) is 9.90. The van der Waals surface area contributed by atoms with Crippen molar-refractivity contribution >= 4 is 10.0 Å². The molecule has 2 rings (SSSR count). The molecular formula is C16H25NO3S. The molecule has 1 fully saturated rings. The number of hydrogen-bond acceptors (Lipinski definition) is 3. The minimum atomic E-state index is -3.49. The molecule has 0 spiro atoms. The van der Waals surface area contributed by atoms with E-state index in [2.05, 4.69) is 0 Å². The number of para-hydroxylation sites is 1. The lowest BCUT2D eigenvalue weighted by Crippen LogP contribution is -2.38. The van der Waals surface area contributed by atoms with Crippen molar-refractivity contribution in [3.8, 4) is 5.75 Å². The molecule has 21 heavy (non-hydrogen) atoms. The standard InChI is InChI=1S/C16H25NO3S/c1-14-8-4-5-9-15(14)20-12-16(13-21(17,18)19)10-6-2-3-7-11-16/h4-5,8-9H,2-3,6-7,10-13H2,1H3,(H2,17,18,19). The summed E-state index contributed by atoms with van der Waals surface area (Å²) in [6, 6.07) is 7.82. The van der Waals surface area contributed by atoms with Crippen molar-refractivity contribution in [2.24, 2.45) is 10.6 Å². The van der Waals surface area contributed by atoms with Crippen LogP contribution in [0.3, 0.4) is 0 Å². The largest absolute Gasteiger partial charge is 0.493 e. The Morgan fingerprint density at radius 2 is 1.76 bits per heavy atom. The van der Waals surface area contributed by atoms with Gasteiger partial charge in [-0.2, -0.15) is 0 Å². The van der Waals surface area contributed by atoms with Crippen molar-refractivity contribution in [3.05, 3.63) is 29.8 Å². The minimum absolute atomic E-state index is 0.0197. The van der Waals surface area contributed by atoms with Crippen molar-refractivity contribution in [3.63, 3.8) is 0 Å². The first-order valence-corrected chi connectivity index (χ1v) is 9.31. The molecule has 1 saturated carbocycles. The highest BCUT2D eigenvalue weighted by atomic mass is 32.2. The normalized spacial score (nSPS) is 19.0. The first-order valence-electron chi connectivity index (χ1n) is 7.59. The first kappa shape index (κ1) is 16.3. The highest BCUT2D eigenvalue weighted by molar-refractivity contribution is 7.89. The van der Waals surface area contributed by atoms with Gasteiger partial charge in [-0.05, 0) is 31.4 Å². The van der Waals surface area contributed by atoms with Crippen LogP contribution in [0.15, 0.2) is 24.3 Å². The molecule has 0 saturated heterocycles. The van der Waals surface area contributed by atoms with Crippen LogP contribution in [0.2, 0.25) is 0 Å². The molecule has 0 aromatic heterocycles. The zero-order valence-corrected chi connectivity index (χ0v) is 13.5. The van der Waals surface area contributed by atoms with Crippen LogP contribution in [0.1, 0.15) is 44.1 Å². The number of aryl methyl sites for hydroxylation is 1. The summed E-state index contributed by atoms with van der Waals surface area (Å²) >= 11 is 0. The number of ether oxygens (including phenoxy) is 1. The number of benzene rings is 1. The smallest absolute Gasteiger partial charge is 0.209 e. The van der Waals surface area contributed by atoms with Gasteiger partial charge in [0.15, 0.2) is 0 Å². The molecule has 118 valence electrons. The highest BCUT2D eigenvalue weighted by Crippen LogP contribution is 2.37. The van der Waals surface area contributed by atoms with Gasteiger partial charge in [0, 0.05) is 5.41 Å². The van der Waals surface area contributed by atoms with Gasteiger partial charge in [-0.1, -0.05) is 43.9 Å². The van der Waals surface area contributed by atoms with Crippen LogP contribution < -0.4 is 9.88 Å². The highest BCUT2D eigenvalue weighted by Gasteiger charge is 2.35. The predicted octanol–water partition coefficient (Wildman–Crippen LogP) is 3.00. The van der Waals surface area contributed by atoms with Crippen molar-refractivity contribution in [2.45, 2.75) is 45.4 Å². The van der Waals surface area contributed by atoms with Gasteiger partial charge in [0.05, 0.1) is 12.4 Å². The van der Waals surface area contributed by atoms with Crippen molar-refractivity contribution in [1.82, 2.24) is 0 Å². The molecule has 4 nitrogen and oxygen atoms in total. The summed E-state index contributed by atoms with van der Waals surface area (Å²) in [6.07, 6.45) is 6.16. The van der Waals surface area contributed by atoms with Gasteiger partial charge in [0.25, 0.3) is 0 Å². The molecule has 5 heteroatoms. The third-order valence-corrected chi connectivity index (χ3v) is 5.31. The minimum Gasteiger partial charge on any atom is -0.493 e. The average molecular weight is 311 g/mol. The molecule has 1 aromatic carbocycles. The van der Waals surface area contributed by atoms with Gasteiger partial charge < -0.3 is 4.74 Å². The van der Waals surface area contributed by atoms with Gasteiger partial charge in [-0.25, -0.2) is 13.6 Å². The summed E-state index contributed by atoms with van der Waals surface area (Å²) in [5.74, 6) is 0.849. The van der Waals surface area contributed by atoms with E-state index < -0.39 is 10.0 Å². The van der Waals surface area contributed by atoms with E-state index in [4.69, 9.17) is 9.88 Å². The Balaban J connectivity index is 2.14. The maximum atomic E-state index is 11.6. The van der Waals surface area contributed by atoms with Gasteiger partial charge in [0.1, 0.15) is 5.75 Å². The van der Waals surface area contributed by atoms with Crippen LogP contribution >= 0.6 is 0 Å². The Labute approximate surface area is 127 Å². The van der Waals surface area contributed by atoms with Gasteiger partial charge in [-0.3, -0.25) is 0 Å². The average Bonchev–Trinajstić information content (AvgIpc) is 2.62. The lowest BCUT2D eigenvalue weighted by atomic mass is 9.83. The Kier molecular flexibility index (Phi) is 5.27. The molecule has 0 atom stereocenters. The Morgan fingerprint density at radius 1 is 1.14 bits per heavy atom. The summed E-state index contributed by atoms with van der Waals surface area (Å²) in [4.78, 5) is 0. The number of sulfonamides is 1. The van der Waals surface area contributed by atoms with Crippen LogP contribution in [-0.2, 0) is 10.0 Å². The molecule has 1 aliphatic rings. The molecule has 0 bridgehead atoms. The third-order valence-electron chi connectivity index (χ3n) is 4.30. The number of nitrogens with two attached hydrogens (primary N) is 1. The summed E-state index contributed by atoms with van der Waals surface area (Å²) in [6.45, 7) is 2.42. The zero-order valence-electron chi connectivity index (χ0n) is 12.7. The number of primary sulfonamides is 1. The fraction of sp³-hybridized carbons (Fsp3) is 0.625. The van der Waals surface area contributed by atoms with Crippen LogP contribution in [0, 0.1) is 12.3 Å². The van der Waals surface area contributed by atoms with Crippen LogP contribution in [0.25, 0.3) is 0 Å². The molecule has 0 amide bonds. The quantitative estimate of drug-likeness (QED) is 0.850. The van der Waals surface area contributed by atoms with E-state index in [1.54, 1.807) is 0 Å². The Bertz CT molecular complexity index is 561. The van der Waals surface area contributed by atoms with Gasteiger partial charge in [-0.15, -0.1) is 0 Å². The molecule has 0 unspecified atom stereocenters. The van der Waals surface area contributed by atoms with Crippen LogP contribution in [-0.4, -0.2) is 20.8 Å². The van der Waals surface area contributed by atoms with Gasteiger partial charge in [0.2, 0.25) is 10.0 Å². The Hall–Kier alpha value is -1.07. The Morgan fingerprint density at radius 3 is 2.33 bits per heavy atom. The number of hydrogen-bond donors (Lipinski definition) is 1. The molecule has 2 N–H and O–H groups in total. The molecule has 0 heterocycles. The van der Waals surface area contributed by atoms with E-state index in [1.807, 2.05) is 31.2 Å². The molecule has 0 radical (unpaired) electrons. The molecule has 1 aliphatic carbocycles. The monoisotopic (exact) mass is 311 g/mol. The SMILES string of the molecule is Cc1ccccc1OCC1(CS(N)(=O)=O)CCCCCC1. The second kappa shape index (κ2) is 6.79. The van der Waals surface area contributed by atoms with E-state index in [0.29, 0.717) is 6.61 Å².